The highest BCUT2D eigenvalue weighted by Gasteiger charge is 2.29. The molecular formula is C16H15FO. The van der Waals surface area contributed by atoms with Crippen molar-refractivity contribution >= 4 is 0 Å². The van der Waals surface area contributed by atoms with E-state index in [1.54, 1.807) is 12.1 Å². The van der Waals surface area contributed by atoms with Gasteiger partial charge in [0.15, 0.2) is 0 Å². The van der Waals surface area contributed by atoms with Gasteiger partial charge in [-0.15, -0.1) is 0 Å². The largest absolute Gasteiger partial charge is 0.388 e. The summed E-state index contributed by atoms with van der Waals surface area (Å²) in [6.45, 7) is 0. The molecule has 0 aliphatic heterocycles. The van der Waals surface area contributed by atoms with E-state index >= 15 is 0 Å². The maximum absolute atomic E-state index is 13.2. The van der Waals surface area contributed by atoms with E-state index < -0.39 is 0 Å². The van der Waals surface area contributed by atoms with Crippen LogP contribution < -0.4 is 0 Å². The second-order valence-corrected chi connectivity index (χ2v) is 4.91. The molecule has 1 aliphatic rings. The van der Waals surface area contributed by atoms with Gasteiger partial charge in [0.1, 0.15) is 5.82 Å². The van der Waals surface area contributed by atoms with Crippen LogP contribution in [0.2, 0.25) is 0 Å². The highest BCUT2D eigenvalue weighted by Crippen LogP contribution is 2.41. The summed E-state index contributed by atoms with van der Waals surface area (Å²) in [5.74, 6) is 0.0948. The van der Waals surface area contributed by atoms with Crippen molar-refractivity contribution < 1.29 is 9.50 Å². The lowest BCUT2D eigenvalue weighted by atomic mass is 9.94. The van der Waals surface area contributed by atoms with Crippen molar-refractivity contribution in [1.82, 2.24) is 0 Å². The van der Waals surface area contributed by atoms with Crippen LogP contribution in [0.15, 0.2) is 48.5 Å². The third kappa shape index (κ3) is 2.04. The average molecular weight is 242 g/mol. The van der Waals surface area contributed by atoms with Crippen LogP contribution in [-0.4, -0.2) is 5.11 Å². The molecular weight excluding hydrogens is 227 g/mol. The summed E-state index contributed by atoms with van der Waals surface area (Å²) >= 11 is 0. The number of halogens is 1. The van der Waals surface area contributed by atoms with Gasteiger partial charge in [-0.1, -0.05) is 36.4 Å². The molecule has 3 rings (SSSR count). The van der Waals surface area contributed by atoms with Gasteiger partial charge in [0.25, 0.3) is 0 Å². The minimum Gasteiger partial charge on any atom is -0.388 e. The summed E-state index contributed by atoms with van der Waals surface area (Å²) in [5, 5.41) is 10.0. The maximum Gasteiger partial charge on any atom is 0.123 e. The first-order valence-electron chi connectivity index (χ1n) is 6.25. The fraction of sp³-hybridized carbons (Fsp3) is 0.250. The third-order valence-corrected chi connectivity index (χ3v) is 3.67. The zero-order valence-corrected chi connectivity index (χ0v) is 10.0. The van der Waals surface area contributed by atoms with Gasteiger partial charge in [-0.3, -0.25) is 0 Å². The molecule has 2 atom stereocenters. The van der Waals surface area contributed by atoms with E-state index in [2.05, 4.69) is 6.07 Å². The van der Waals surface area contributed by atoms with Gasteiger partial charge in [0.05, 0.1) is 6.10 Å². The Morgan fingerprint density at radius 1 is 1.06 bits per heavy atom. The molecule has 0 saturated carbocycles. The van der Waals surface area contributed by atoms with Crippen LogP contribution in [0.25, 0.3) is 0 Å². The molecule has 1 nitrogen and oxygen atoms in total. The van der Waals surface area contributed by atoms with Crippen LogP contribution in [-0.2, 0) is 6.42 Å². The second kappa shape index (κ2) is 4.54. The third-order valence-electron chi connectivity index (χ3n) is 3.67. The van der Waals surface area contributed by atoms with E-state index in [1.165, 1.54) is 11.6 Å². The molecule has 2 unspecified atom stereocenters. The van der Waals surface area contributed by atoms with Crippen molar-refractivity contribution in [3.63, 3.8) is 0 Å². The van der Waals surface area contributed by atoms with Crippen LogP contribution in [0.5, 0.6) is 0 Å². The van der Waals surface area contributed by atoms with Crippen molar-refractivity contribution in [3.05, 3.63) is 71.0 Å². The monoisotopic (exact) mass is 242 g/mol. The van der Waals surface area contributed by atoms with E-state index in [1.807, 2.05) is 24.3 Å². The van der Waals surface area contributed by atoms with E-state index in [0.717, 1.165) is 24.0 Å². The fourth-order valence-corrected chi connectivity index (χ4v) is 2.85. The van der Waals surface area contributed by atoms with Crippen LogP contribution in [0.3, 0.4) is 0 Å². The summed E-state index contributed by atoms with van der Waals surface area (Å²) in [5.41, 5.74) is 3.22. The van der Waals surface area contributed by atoms with Crippen LogP contribution in [0.1, 0.15) is 35.1 Å². The smallest absolute Gasteiger partial charge is 0.123 e. The number of hydrogen-bond donors (Lipinski definition) is 1. The van der Waals surface area contributed by atoms with Crippen molar-refractivity contribution in [2.24, 2.45) is 0 Å². The van der Waals surface area contributed by atoms with E-state index in [4.69, 9.17) is 0 Å². The summed E-state index contributed by atoms with van der Waals surface area (Å²) in [4.78, 5) is 0. The van der Waals surface area contributed by atoms with Gasteiger partial charge >= 0.3 is 0 Å². The molecule has 1 N–H and O–H groups in total. The Kier molecular flexibility index (Phi) is 2.88. The Bertz CT molecular complexity index is 565. The molecule has 2 heteroatoms. The first kappa shape index (κ1) is 11.4. The van der Waals surface area contributed by atoms with E-state index in [-0.39, 0.29) is 17.8 Å². The van der Waals surface area contributed by atoms with Crippen molar-refractivity contribution in [1.29, 1.82) is 0 Å². The minimum atomic E-state index is -0.375. The quantitative estimate of drug-likeness (QED) is 0.853. The molecule has 0 heterocycles. The number of fused-ring (bicyclic) bond motifs is 1. The number of aliphatic hydroxyl groups is 1. The SMILES string of the molecule is OC1CC(Cc2cccc(F)c2)c2ccccc21. The topological polar surface area (TPSA) is 20.2 Å². The average Bonchev–Trinajstić information content (AvgIpc) is 2.67. The molecule has 0 saturated heterocycles. The first-order chi connectivity index (χ1) is 8.74. The lowest BCUT2D eigenvalue weighted by Gasteiger charge is -2.11. The normalized spacial score (nSPS) is 21.9. The van der Waals surface area contributed by atoms with Crippen LogP contribution >= 0.6 is 0 Å². The highest BCUT2D eigenvalue weighted by molar-refractivity contribution is 5.38. The molecule has 0 fully saturated rings. The molecule has 0 bridgehead atoms. The summed E-state index contributed by atoms with van der Waals surface area (Å²) in [7, 11) is 0. The summed E-state index contributed by atoms with van der Waals surface area (Å²) < 4.78 is 13.2. The van der Waals surface area contributed by atoms with Gasteiger partial charge in [-0.2, -0.15) is 0 Å². The fourth-order valence-electron chi connectivity index (χ4n) is 2.85. The number of aliphatic hydroxyl groups excluding tert-OH is 1. The molecule has 1 aliphatic carbocycles. The Labute approximate surface area is 106 Å². The Hall–Kier alpha value is -1.67. The molecule has 2 aromatic carbocycles. The molecule has 0 amide bonds. The highest BCUT2D eigenvalue weighted by atomic mass is 19.1. The van der Waals surface area contributed by atoms with Gasteiger partial charge in [-0.25, -0.2) is 4.39 Å². The molecule has 0 radical (unpaired) electrons. The Morgan fingerprint density at radius 2 is 1.83 bits per heavy atom. The van der Waals surface area contributed by atoms with Crippen LogP contribution in [0, 0.1) is 5.82 Å². The molecule has 2 aromatic rings. The summed E-state index contributed by atoms with van der Waals surface area (Å²) in [6, 6.07) is 14.7. The number of hydrogen-bond acceptors (Lipinski definition) is 1. The minimum absolute atomic E-state index is 0.195. The molecule has 92 valence electrons. The maximum atomic E-state index is 13.2. The van der Waals surface area contributed by atoms with E-state index in [0.29, 0.717) is 0 Å². The number of rotatable bonds is 2. The predicted octanol–water partition coefficient (Wildman–Crippen LogP) is 3.59. The van der Waals surface area contributed by atoms with Crippen LogP contribution in [0.4, 0.5) is 4.39 Å². The Balaban J connectivity index is 1.87. The summed E-state index contributed by atoms with van der Waals surface area (Å²) in [6.07, 6.45) is 1.14. The molecule has 18 heavy (non-hydrogen) atoms. The predicted molar refractivity (Wildman–Crippen MR) is 68.9 cm³/mol. The lowest BCUT2D eigenvalue weighted by Crippen LogP contribution is -1.99. The number of benzene rings is 2. The second-order valence-electron chi connectivity index (χ2n) is 4.91. The van der Waals surface area contributed by atoms with E-state index in [9.17, 15) is 9.50 Å². The zero-order valence-electron chi connectivity index (χ0n) is 10.0. The first-order valence-corrected chi connectivity index (χ1v) is 6.25. The molecule has 0 spiro atoms. The lowest BCUT2D eigenvalue weighted by molar-refractivity contribution is 0.173. The molecule has 0 aromatic heterocycles. The van der Waals surface area contributed by atoms with Gasteiger partial charge < -0.3 is 5.11 Å². The van der Waals surface area contributed by atoms with Gasteiger partial charge in [-0.05, 0) is 47.6 Å². The van der Waals surface area contributed by atoms with Gasteiger partial charge in [0, 0.05) is 0 Å². The van der Waals surface area contributed by atoms with Crippen molar-refractivity contribution in [2.75, 3.05) is 0 Å². The van der Waals surface area contributed by atoms with Gasteiger partial charge in [0.2, 0.25) is 0 Å². The van der Waals surface area contributed by atoms with Crippen molar-refractivity contribution in [3.8, 4) is 0 Å². The Morgan fingerprint density at radius 3 is 2.61 bits per heavy atom. The standard InChI is InChI=1S/C16H15FO/c17-13-5-3-4-11(9-13)8-12-10-16(18)15-7-2-1-6-14(12)15/h1-7,9,12,16,18H,8,10H2. The van der Waals surface area contributed by atoms with Crippen molar-refractivity contribution in [2.45, 2.75) is 24.9 Å². The zero-order chi connectivity index (χ0) is 12.5.